The van der Waals surface area contributed by atoms with E-state index in [0.717, 1.165) is 17.9 Å². The van der Waals surface area contributed by atoms with E-state index in [0.29, 0.717) is 0 Å². The van der Waals surface area contributed by atoms with Crippen LogP contribution in [-0.4, -0.2) is 32.2 Å². The average Bonchev–Trinajstić information content (AvgIpc) is 3.11. The van der Waals surface area contributed by atoms with Gasteiger partial charge in [-0.3, -0.25) is 0 Å². The van der Waals surface area contributed by atoms with E-state index in [1.54, 1.807) is 30.6 Å². The molecule has 3 aliphatic rings. The van der Waals surface area contributed by atoms with Crippen LogP contribution in [0.15, 0.2) is 24.3 Å². The molecular formula is C19H30N2+2. The predicted octanol–water partition coefficient (Wildman–Crippen LogP) is 0.467. The number of aryl methyl sites for hydroxylation is 1. The standard InChI is InChI=1S/C19H28N2/c1-15-3-2-4-17(11-15)14-20-7-9-21(10-8-20)19-13-16-5-6-18(19)12-16/h2-4,11,16,18-19H,5-10,12-14H2,1H3/p+2/t16-,18+,19+/m0/s1. The summed E-state index contributed by atoms with van der Waals surface area (Å²) in [5.41, 5.74) is 2.92. The topological polar surface area (TPSA) is 8.88 Å². The van der Waals surface area contributed by atoms with Crippen LogP contribution < -0.4 is 9.80 Å². The van der Waals surface area contributed by atoms with Crippen LogP contribution in [0.1, 0.15) is 36.8 Å². The second kappa shape index (κ2) is 5.73. The van der Waals surface area contributed by atoms with Crippen molar-refractivity contribution >= 4 is 0 Å². The number of hydrogen-bond acceptors (Lipinski definition) is 0. The van der Waals surface area contributed by atoms with Crippen LogP contribution >= 0.6 is 0 Å². The number of hydrogen-bond donors (Lipinski definition) is 2. The van der Waals surface area contributed by atoms with Gasteiger partial charge >= 0.3 is 0 Å². The van der Waals surface area contributed by atoms with Gasteiger partial charge in [0, 0.05) is 17.9 Å². The Kier molecular flexibility index (Phi) is 3.76. The van der Waals surface area contributed by atoms with Gasteiger partial charge in [-0.1, -0.05) is 29.8 Å². The summed E-state index contributed by atoms with van der Waals surface area (Å²) in [7, 11) is 0. The van der Waals surface area contributed by atoms with Gasteiger partial charge in [0.2, 0.25) is 0 Å². The molecule has 1 aromatic rings. The molecule has 1 saturated heterocycles. The smallest absolute Gasteiger partial charge is 0.127 e. The van der Waals surface area contributed by atoms with E-state index in [-0.39, 0.29) is 0 Å². The molecule has 4 rings (SSSR count). The Morgan fingerprint density at radius 3 is 2.57 bits per heavy atom. The summed E-state index contributed by atoms with van der Waals surface area (Å²) in [6.07, 6.45) is 6.19. The molecule has 114 valence electrons. The lowest BCUT2D eigenvalue weighted by Crippen LogP contribution is -3.29. The Morgan fingerprint density at radius 1 is 1.05 bits per heavy atom. The van der Waals surface area contributed by atoms with E-state index >= 15 is 0 Å². The first-order valence-corrected chi connectivity index (χ1v) is 9.01. The quantitative estimate of drug-likeness (QED) is 0.799. The molecule has 2 N–H and O–H groups in total. The van der Waals surface area contributed by atoms with Crippen LogP contribution in [0.5, 0.6) is 0 Å². The third-order valence-electron chi connectivity index (χ3n) is 6.40. The fourth-order valence-electron chi connectivity index (χ4n) is 5.33. The Bertz CT molecular complexity index is 490. The highest BCUT2D eigenvalue weighted by molar-refractivity contribution is 5.21. The van der Waals surface area contributed by atoms with Crippen molar-refractivity contribution in [3.05, 3.63) is 35.4 Å². The van der Waals surface area contributed by atoms with Crippen LogP contribution in [-0.2, 0) is 6.54 Å². The number of quaternary nitrogens is 2. The van der Waals surface area contributed by atoms with Gasteiger partial charge in [0.25, 0.3) is 0 Å². The molecule has 1 heterocycles. The van der Waals surface area contributed by atoms with E-state index in [1.807, 2.05) is 4.90 Å². The molecular weight excluding hydrogens is 256 g/mol. The zero-order valence-electron chi connectivity index (χ0n) is 13.4. The molecule has 21 heavy (non-hydrogen) atoms. The van der Waals surface area contributed by atoms with Gasteiger partial charge < -0.3 is 9.80 Å². The van der Waals surface area contributed by atoms with Gasteiger partial charge in [-0.25, -0.2) is 0 Å². The summed E-state index contributed by atoms with van der Waals surface area (Å²) in [6.45, 7) is 9.00. The summed E-state index contributed by atoms with van der Waals surface area (Å²) in [5.74, 6) is 2.19. The van der Waals surface area contributed by atoms with Gasteiger partial charge in [0.1, 0.15) is 32.7 Å². The lowest BCUT2D eigenvalue weighted by molar-refractivity contribution is -1.03. The van der Waals surface area contributed by atoms with Crippen molar-refractivity contribution in [1.29, 1.82) is 0 Å². The van der Waals surface area contributed by atoms with Crippen LogP contribution in [0.25, 0.3) is 0 Å². The Hall–Kier alpha value is -0.860. The molecule has 2 saturated carbocycles. The third-order valence-corrected chi connectivity index (χ3v) is 6.40. The Labute approximate surface area is 129 Å². The molecule has 3 atom stereocenters. The largest absolute Gasteiger partial charge is 0.323 e. The van der Waals surface area contributed by atoms with Gasteiger partial charge in [0.05, 0.1) is 6.04 Å². The van der Waals surface area contributed by atoms with Crippen LogP contribution in [0, 0.1) is 18.8 Å². The predicted molar refractivity (Wildman–Crippen MR) is 85.5 cm³/mol. The van der Waals surface area contributed by atoms with Crippen LogP contribution in [0.3, 0.4) is 0 Å². The lowest BCUT2D eigenvalue weighted by Gasteiger charge is -2.36. The van der Waals surface area contributed by atoms with Gasteiger partial charge in [-0.05, 0) is 32.1 Å². The molecule has 0 aromatic heterocycles. The van der Waals surface area contributed by atoms with E-state index in [4.69, 9.17) is 0 Å². The Morgan fingerprint density at radius 2 is 1.90 bits per heavy atom. The molecule has 0 unspecified atom stereocenters. The molecule has 0 amide bonds. The monoisotopic (exact) mass is 286 g/mol. The second-order valence-corrected chi connectivity index (χ2v) is 7.86. The molecule has 2 bridgehead atoms. The summed E-state index contributed by atoms with van der Waals surface area (Å²) >= 11 is 0. The van der Waals surface area contributed by atoms with Crippen molar-refractivity contribution in [2.75, 3.05) is 26.2 Å². The number of fused-ring (bicyclic) bond motifs is 2. The first-order valence-electron chi connectivity index (χ1n) is 9.01. The van der Waals surface area contributed by atoms with Crippen LogP contribution in [0.2, 0.25) is 0 Å². The molecule has 3 fully saturated rings. The highest BCUT2D eigenvalue weighted by Gasteiger charge is 2.45. The number of benzene rings is 1. The van der Waals surface area contributed by atoms with Crippen molar-refractivity contribution in [1.82, 2.24) is 0 Å². The summed E-state index contributed by atoms with van der Waals surface area (Å²) in [6, 6.07) is 10.1. The zero-order chi connectivity index (χ0) is 14.2. The normalized spacial score (nSPS) is 38.8. The van der Waals surface area contributed by atoms with E-state index in [2.05, 4.69) is 31.2 Å². The van der Waals surface area contributed by atoms with Crippen molar-refractivity contribution < 1.29 is 9.80 Å². The minimum Gasteiger partial charge on any atom is -0.323 e. The number of nitrogens with one attached hydrogen (secondary N) is 2. The number of piperazine rings is 1. The van der Waals surface area contributed by atoms with Crippen molar-refractivity contribution in [3.63, 3.8) is 0 Å². The maximum Gasteiger partial charge on any atom is 0.127 e. The minimum absolute atomic E-state index is 1.03. The Balaban J connectivity index is 1.31. The second-order valence-electron chi connectivity index (χ2n) is 7.86. The molecule has 0 spiro atoms. The maximum absolute atomic E-state index is 2.36. The molecule has 1 aliphatic heterocycles. The first kappa shape index (κ1) is 13.8. The third kappa shape index (κ3) is 2.89. The SMILES string of the molecule is Cc1cccc(C[NH+]2CC[NH+]([C@@H]3C[C@H]4CC[C@@H]3C4)CC2)c1. The number of rotatable bonds is 3. The highest BCUT2D eigenvalue weighted by atomic mass is 15.3. The molecule has 2 heteroatoms. The van der Waals surface area contributed by atoms with Gasteiger partial charge in [-0.2, -0.15) is 0 Å². The van der Waals surface area contributed by atoms with Crippen molar-refractivity contribution in [2.45, 2.75) is 45.2 Å². The van der Waals surface area contributed by atoms with E-state index < -0.39 is 0 Å². The van der Waals surface area contributed by atoms with Gasteiger partial charge in [-0.15, -0.1) is 0 Å². The average molecular weight is 286 g/mol. The highest BCUT2D eigenvalue weighted by Crippen LogP contribution is 2.43. The van der Waals surface area contributed by atoms with E-state index in [1.165, 1.54) is 43.9 Å². The molecule has 1 aromatic carbocycles. The van der Waals surface area contributed by atoms with Gasteiger partial charge in [0.15, 0.2) is 0 Å². The molecule has 0 radical (unpaired) electrons. The first-order chi connectivity index (χ1) is 10.3. The summed E-state index contributed by atoms with van der Waals surface area (Å²) in [5, 5.41) is 0. The lowest BCUT2D eigenvalue weighted by atomic mass is 9.93. The van der Waals surface area contributed by atoms with Crippen LogP contribution in [0.4, 0.5) is 0 Å². The molecule has 2 nitrogen and oxygen atoms in total. The molecule has 2 aliphatic carbocycles. The van der Waals surface area contributed by atoms with E-state index in [9.17, 15) is 0 Å². The fourth-order valence-corrected chi connectivity index (χ4v) is 5.33. The zero-order valence-corrected chi connectivity index (χ0v) is 13.4. The van der Waals surface area contributed by atoms with Crippen molar-refractivity contribution in [2.24, 2.45) is 11.8 Å². The maximum atomic E-state index is 2.36. The van der Waals surface area contributed by atoms with Crippen molar-refractivity contribution in [3.8, 4) is 0 Å². The summed E-state index contributed by atoms with van der Waals surface area (Å²) in [4.78, 5) is 3.75. The minimum atomic E-state index is 1.03. The summed E-state index contributed by atoms with van der Waals surface area (Å²) < 4.78 is 0. The fraction of sp³-hybridized carbons (Fsp3) is 0.684.